The number of nitrogens with zero attached hydrogens (tertiary/aromatic N) is 3. The SMILES string of the molecule is COc1cc(NC2=CCC(C)(N3CCN(C(=O)OC(C)(C)C)CC3)C=C2)c(NC(C)=O)cn1. The van der Waals surface area contributed by atoms with Gasteiger partial charge in [0.05, 0.1) is 24.7 Å². The number of piperazine rings is 1. The third kappa shape index (κ3) is 6.47. The number of carbonyl (C=O) groups is 2. The van der Waals surface area contributed by atoms with Crippen LogP contribution in [-0.2, 0) is 9.53 Å². The van der Waals surface area contributed by atoms with Crippen LogP contribution in [0.5, 0.6) is 5.88 Å². The molecule has 2 heterocycles. The Morgan fingerprint density at radius 2 is 1.85 bits per heavy atom. The monoisotopic (exact) mass is 457 g/mol. The van der Waals surface area contributed by atoms with Gasteiger partial charge in [-0.3, -0.25) is 9.69 Å². The Morgan fingerprint density at radius 3 is 2.39 bits per heavy atom. The normalized spacial score (nSPS) is 21.3. The third-order valence-electron chi connectivity index (χ3n) is 5.69. The number of ether oxygens (including phenoxy) is 2. The first-order valence-electron chi connectivity index (χ1n) is 11.2. The minimum absolute atomic E-state index is 0.137. The van der Waals surface area contributed by atoms with Crippen LogP contribution in [0.15, 0.2) is 36.2 Å². The molecular weight excluding hydrogens is 422 g/mol. The number of aromatic nitrogens is 1. The van der Waals surface area contributed by atoms with E-state index in [-0.39, 0.29) is 17.5 Å². The van der Waals surface area contributed by atoms with Gasteiger partial charge in [0.15, 0.2) is 0 Å². The zero-order valence-corrected chi connectivity index (χ0v) is 20.4. The Hall–Kier alpha value is -3.07. The van der Waals surface area contributed by atoms with Crippen LogP contribution in [0.4, 0.5) is 16.2 Å². The maximum atomic E-state index is 12.3. The van der Waals surface area contributed by atoms with Gasteiger partial charge >= 0.3 is 6.09 Å². The van der Waals surface area contributed by atoms with Crippen molar-refractivity contribution in [3.63, 3.8) is 0 Å². The first kappa shape index (κ1) is 24.6. The lowest BCUT2D eigenvalue weighted by molar-refractivity contribution is -0.114. The van der Waals surface area contributed by atoms with Crippen LogP contribution in [0.3, 0.4) is 0 Å². The lowest BCUT2D eigenvalue weighted by Gasteiger charge is -2.45. The van der Waals surface area contributed by atoms with Gasteiger partial charge < -0.3 is 25.0 Å². The molecule has 1 aliphatic heterocycles. The first-order valence-corrected chi connectivity index (χ1v) is 11.2. The summed E-state index contributed by atoms with van der Waals surface area (Å²) in [7, 11) is 1.55. The second-order valence-corrected chi connectivity index (χ2v) is 9.59. The summed E-state index contributed by atoms with van der Waals surface area (Å²) in [6.07, 6.45) is 8.52. The fourth-order valence-electron chi connectivity index (χ4n) is 3.87. The van der Waals surface area contributed by atoms with E-state index < -0.39 is 5.60 Å². The van der Waals surface area contributed by atoms with Gasteiger partial charge in [0.2, 0.25) is 11.8 Å². The summed E-state index contributed by atoms with van der Waals surface area (Å²) >= 11 is 0. The minimum Gasteiger partial charge on any atom is -0.481 e. The van der Waals surface area contributed by atoms with E-state index >= 15 is 0 Å². The number of amides is 2. The molecule has 9 heteroatoms. The fraction of sp³-hybridized carbons (Fsp3) is 0.542. The molecule has 1 aromatic rings. The Morgan fingerprint density at radius 1 is 1.15 bits per heavy atom. The molecule has 3 rings (SSSR count). The van der Waals surface area contributed by atoms with E-state index in [0.717, 1.165) is 25.2 Å². The highest BCUT2D eigenvalue weighted by Gasteiger charge is 2.34. The molecule has 33 heavy (non-hydrogen) atoms. The molecule has 2 amide bonds. The molecule has 0 saturated carbocycles. The highest BCUT2D eigenvalue weighted by Crippen LogP contribution is 2.31. The number of carbonyl (C=O) groups excluding carboxylic acids is 2. The summed E-state index contributed by atoms with van der Waals surface area (Å²) < 4.78 is 10.7. The number of methoxy groups -OCH3 is 1. The molecule has 0 spiro atoms. The largest absolute Gasteiger partial charge is 0.481 e. The predicted molar refractivity (Wildman–Crippen MR) is 128 cm³/mol. The molecule has 0 aromatic carbocycles. The van der Waals surface area contributed by atoms with Gasteiger partial charge in [-0.1, -0.05) is 12.2 Å². The van der Waals surface area contributed by atoms with E-state index in [4.69, 9.17) is 9.47 Å². The van der Waals surface area contributed by atoms with Crippen molar-refractivity contribution >= 4 is 23.4 Å². The molecule has 1 aliphatic carbocycles. The maximum absolute atomic E-state index is 12.3. The topological polar surface area (TPSA) is 96.0 Å². The summed E-state index contributed by atoms with van der Waals surface area (Å²) in [6.45, 7) is 12.2. The van der Waals surface area contributed by atoms with Crippen LogP contribution in [0.1, 0.15) is 41.0 Å². The molecule has 180 valence electrons. The van der Waals surface area contributed by atoms with Crippen molar-refractivity contribution in [2.75, 3.05) is 43.9 Å². The van der Waals surface area contributed by atoms with E-state index in [0.29, 0.717) is 30.3 Å². The van der Waals surface area contributed by atoms with E-state index in [1.54, 1.807) is 24.3 Å². The van der Waals surface area contributed by atoms with Gasteiger partial charge in [0.25, 0.3) is 0 Å². The van der Waals surface area contributed by atoms with Gasteiger partial charge in [-0.05, 0) is 40.2 Å². The molecule has 1 fully saturated rings. The summed E-state index contributed by atoms with van der Waals surface area (Å²) in [5.41, 5.74) is 1.60. The number of hydrogen-bond donors (Lipinski definition) is 2. The second kappa shape index (κ2) is 9.82. The number of pyridine rings is 1. The van der Waals surface area contributed by atoms with Crippen LogP contribution in [0.25, 0.3) is 0 Å². The Labute approximate surface area is 195 Å². The smallest absolute Gasteiger partial charge is 0.410 e. The van der Waals surface area contributed by atoms with E-state index in [1.807, 2.05) is 26.8 Å². The summed E-state index contributed by atoms with van der Waals surface area (Å²) in [5.74, 6) is 0.288. The van der Waals surface area contributed by atoms with E-state index in [9.17, 15) is 9.59 Å². The fourth-order valence-corrected chi connectivity index (χ4v) is 3.87. The average molecular weight is 458 g/mol. The van der Waals surface area contributed by atoms with Crippen LogP contribution >= 0.6 is 0 Å². The number of hydrogen-bond acceptors (Lipinski definition) is 7. The van der Waals surface area contributed by atoms with Crippen LogP contribution in [0.2, 0.25) is 0 Å². The zero-order chi connectivity index (χ0) is 24.2. The molecule has 0 radical (unpaired) electrons. The van der Waals surface area contributed by atoms with Crippen molar-refractivity contribution in [3.05, 3.63) is 36.2 Å². The zero-order valence-electron chi connectivity index (χ0n) is 20.4. The molecule has 9 nitrogen and oxygen atoms in total. The lowest BCUT2D eigenvalue weighted by Crippen LogP contribution is -2.56. The van der Waals surface area contributed by atoms with E-state index in [2.05, 4.69) is 39.6 Å². The number of anilines is 2. The van der Waals surface area contributed by atoms with Crippen molar-refractivity contribution in [1.82, 2.24) is 14.8 Å². The molecule has 1 unspecified atom stereocenters. The quantitative estimate of drug-likeness (QED) is 0.697. The summed E-state index contributed by atoms with van der Waals surface area (Å²) in [6, 6.07) is 1.75. The second-order valence-electron chi connectivity index (χ2n) is 9.59. The lowest BCUT2D eigenvalue weighted by atomic mass is 9.89. The first-order chi connectivity index (χ1) is 15.5. The summed E-state index contributed by atoms with van der Waals surface area (Å²) in [4.78, 5) is 32.2. The third-order valence-corrected chi connectivity index (χ3v) is 5.69. The molecule has 2 N–H and O–H groups in total. The Balaban J connectivity index is 1.61. The Bertz CT molecular complexity index is 945. The molecule has 0 bridgehead atoms. The average Bonchev–Trinajstić information content (AvgIpc) is 2.75. The van der Waals surface area contributed by atoms with Crippen molar-refractivity contribution in [2.45, 2.75) is 52.2 Å². The van der Waals surface area contributed by atoms with Gasteiger partial charge in [0, 0.05) is 50.4 Å². The van der Waals surface area contributed by atoms with Gasteiger partial charge in [-0.25, -0.2) is 9.78 Å². The van der Waals surface area contributed by atoms with Crippen LogP contribution in [0, 0.1) is 0 Å². The Kier molecular flexibility index (Phi) is 7.31. The minimum atomic E-state index is -0.487. The standard InChI is InChI=1S/C24H35N5O4/c1-17(30)26-20-16-25-21(32-6)15-19(20)27-18-7-9-24(5,10-8-18)29-13-11-28(12-14-29)22(31)33-23(2,3)4/h7-9,15-16H,10-14H2,1-6H3,(H,25,27)(H,26,30). The molecule has 2 aliphatic rings. The van der Waals surface area contributed by atoms with Crippen molar-refractivity contribution in [1.29, 1.82) is 0 Å². The predicted octanol–water partition coefficient (Wildman–Crippen LogP) is 3.62. The van der Waals surface area contributed by atoms with Gasteiger partial charge in [-0.2, -0.15) is 0 Å². The molecule has 1 saturated heterocycles. The van der Waals surface area contributed by atoms with Crippen molar-refractivity contribution in [3.8, 4) is 5.88 Å². The van der Waals surface area contributed by atoms with Crippen LogP contribution < -0.4 is 15.4 Å². The van der Waals surface area contributed by atoms with Crippen LogP contribution in [-0.4, -0.2) is 71.2 Å². The number of nitrogens with one attached hydrogen (secondary N) is 2. The summed E-state index contributed by atoms with van der Waals surface area (Å²) in [5, 5.41) is 6.15. The van der Waals surface area contributed by atoms with E-state index in [1.165, 1.54) is 6.92 Å². The maximum Gasteiger partial charge on any atom is 0.410 e. The molecule has 1 atom stereocenters. The van der Waals surface area contributed by atoms with Gasteiger partial charge in [0.1, 0.15) is 5.60 Å². The molecular formula is C24H35N5O4. The highest BCUT2D eigenvalue weighted by atomic mass is 16.6. The van der Waals surface area contributed by atoms with Crippen molar-refractivity contribution in [2.24, 2.45) is 0 Å². The van der Waals surface area contributed by atoms with Crippen molar-refractivity contribution < 1.29 is 19.1 Å². The molecule has 1 aromatic heterocycles. The number of rotatable bonds is 5. The van der Waals surface area contributed by atoms with Gasteiger partial charge in [-0.15, -0.1) is 0 Å². The highest BCUT2D eigenvalue weighted by molar-refractivity contribution is 5.92. The number of allylic oxidation sites excluding steroid dienone is 1.